The van der Waals surface area contributed by atoms with Gasteiger partial charge in [-0.1, -0.05) is 26.0 Å². The monoisotopic (exact) mass is 310 g/mol. The normalized spacial score (nSPS) is 10.4. The molecule has 0 bridgehead atoms. The number of thioether (sulfide) groups is 1. The van der Waals surface area contributed by atoms with Gasteiger partial charge >= 0.3 is 6.03 Å². The van der Waals surface area contributed by atoms with Crippen molar-refractivity contribution in [3.05, 3.63) is 29.3 Å². The molecule has 0 aromatic heterocycles. The Morgan fingerprint density at radius 1 is 1.24 bits per heavy atom. The van der Waals surface area contributed by atoms with Crippen molar-refractivity contribution in [3.8, 4) is 0 Å². The molecule has 1 rings (SSSR count). The molecule has 0 radical (unpaired) electrons. The standard InChI is InChI=1S/C16H26N2O2S/c1-3-13-6-7-14(4-2)15(12-13)18-16(20)17-8-11-21-10-5-9-19/h6-7,12,19H,3-5,8-11H2,1-2H3,(H2,17,18,20). The second-order valence-electron chi connectivity index (χ2n) is 4.77. The van der Waals surface area contributed by atoms with Crippen molar-refractivity contribution >= 4 is 23.5 Å². The summed E-state index contributed by atoms with van der Waals surface area (Å²) in [5.41, 5.74) is 3.28. The van der Waals surface area contributed by atoms with E-state index in [1.54, 1.807) is 11.8 Å². The second-order valence-corrected chi connectivity index (χ2v) is 5.99. The molecule has 21 heavy (non-hydrogen) atoms. The molecule has 0 aliphatic carbocycles. The minimum absolute atomic E-state index is 0.152. The number of amides is 2. The first kappa shape index (κ1) is 17.9. The van der Waals surface area contributed by atoms with Gasteiger partial charge in [0.1, 0.15) is 0 Å². The van der Waals surface area contributed by atoms with Crippen molar-refractivity contribution in [2.24, 2.45) is 0 Å². The van der Waals surface area contributed by atoms with Crippen molar-refractivity contribution in [2.75, 3.05) is 30.0 Å². The van der Waals surface area contributed by atoms with E-state index in [1.165, 1.54) is 5.56 Å². The van der Waals surface area contributed by atoms with Crippen LogP contribution in [0.3, 0.4) is 0 Å². The topological polar surface area (TPSA) is 61.4 Å². The van der Waals surface area contributed by atoms with Gasteiger partial charge in [-0.2, -0.15) is 11.8 Å². The second kappa shape index (κ2) is 10.5. The number of hydrogen-bond acceptors (Lipinski definition) is 3. The molecule has 5 heteroatoms. The van der Waals surface area contributed by atoms with Crippen molar-refractivity contribution in [2.45, 2.75) is 33.1 Å². The Morgan fingerprint density at radius 2 is 2.05 bits per heavy atom. The number of anilines is 1. The fourth-order valence-corrected chi connectivity index (χ4v) is 2.72. The maximum Gasteiger partial charge on any atom is 0.319 e. The highest BCUT2D eigenvalue weighted by molar-refractivity contribution is 7.99. The van der Waals surface area contributed by atoms with Crippen LogP contribution in [-0.4, -0.2) is 35.8 Å². The van der Waals surface area contributed by atoms with Crippen molar-refractivity contribution in [1.82, 2.24) is 5.32 Å². The minimum Gasteiger partial charge on any atom is -0.396 e. The van der Waals surface area contributed by atoms with Gasteiger partial charge in [0.15, 0.2) is 0 Å². The zero-order valence-corrected chi connectivity index (χ0v) is 13.8. The summed E-state index contributed by atoms with van der Waals surface area (Å²) in [5.74, 6) is 1.79. The minimum atomic E-state index is -0.152. The Hall–Kier alpha value is -1.20. The number of urea groups is 1. The van der Waals surface area contributed by atoms with Crippen molar-refractivity contribution in [3.63, 3.8) is 0 Å². The lowest BCUT2D eigenvalue weighted by Gasteiger charge is -2.12. The van der Waals surface area contributed by atoms with Crippen LogP contribution in [0.5, 0.6) is 0 Å². The third-order valence-corrected chi connectivity index (χ3v) is 4.26. The smallest absolute Gasteiger partial charge is 0.319 e. The molecule has 1 aromatic rings. The molecule has 118 valence electrons. The summed E-state index contributed by atoms with van der Waals surface area (Å²) in [6.45, 7) is 5.06. The Bertz CT molecular complexity index is 438. The lowest BCUT2D eigenvalue weighted by molar-refractivity contribution is 0.252. The number of aliphatic hydroxyl groups excluding tert-OH is 1. The van der Waals surface area contributed by atoms with Crippen molar-refractivity contribution < 1.29 is 9.90 Å². The van der Waals surface area contributed by atoms with E-state index in [-0.39, 0.29) is 12.6 Å². The van der Waals surface area contributed by atoms with E-state index in [1.807, 2.05) is 0 Å². The van der Waals surface area contributed by atoms with Gasteiger partial charge in [-0.25, -0.2) is 4.79 Å². The number of benzene rings is 1. The number of rotatable bonds is 9. The summed E-state index contributed by atoms with van der Waals surface area (Å²) < 4.78 is 0. The number of nitrogens with one attached hydrogen (secondary N) is 2. The van der Waals surface area contributed by atoms with Crippen LogP contribution in [0.1, 0.15) is 31.4 Å². The molecule has 0 spiro atoms. The molecule has 0 aliphatic rings. The van der Waals surface area contributed by atoms with Crippen LogP contribution in [0.15, 0.2) is 18.2 Å². The molecule has 0 heterocycles. The summed E-state index contributed by atoms with van der Waals surface area (Å²) in [6, 6.07) is 6.09. The molecule has 3 N–H and O–H groups in total. The maximum atomic E-state index is 11.9. The summed E-state index contributed by atoms with van der Waals surface area (Å²) in [4.78, 5) is 11.9. The molecule has 0 fully saturated rings. The van der Waals surface area contributed by atoms with E-state index in [4.69, 9.17) is 5.11 Å². The number of hydrogen-bond donors (Lipinski definition) is 3. The molecular formula is C16H26N2O2S. The van der Waals surface area contributed by atoms with E-state index in [0.717, 1.165) is 42.0 Å². The average Bonchev–Trinajstić information content (AvgIpc) is 2.50. The summed E-state index contributed by atoms with van der Waals surface area (Å²) >= 11 is 1.74. The lowest BCUT2D eigenvalue weighted by Crippen LogP contribution is -2.31. The van der Waals surface area contributed by atoms with Gasteiger partial charge in [-0.15, -0.1) is 0 Å². The molecule has 0 aliphatic heterocycles. The number of carbonyl (C=O) groups is 1. The highest BCUT2D eigenvalue weighted by atomic mass is 32.2. The Labute approximate surface area is 131 Å². The van der Waals surface area contributed by atoms with Gasteiger partial charge < -0.3 is 15.7 Å². The number of aryl methyl sites for hydroxylation is 2. The Morgan fingerprint density at radius 3 is 2.71 bits per heavy atom. The highest BCUT2D eigenvalue weighted by Gasteiger charge is 2.06. The van der Waals surface area contributed by atoms with Crippen LogP contribution >= 0.6 is 11.8 Å². The van der Waals surface area contributed by atoms with Gasteiger partial charge in [0.2, 0.25) is 0 Å². The van der Waals surface area contributed by atoms with Crippen LogP contribution in [0, 0.1) is 0 Å². The van der Waals surface area contributed by atoms with E-state index in [0.29, 0.717) is 6.54 Å². The van der Waals surface area contributed by atoms with Crippen LogP contribution in [0.4, 0.5) is 10.5 Å². The summed E-state index contributed by atoms with van der Waals surface area (Å²) in [5, 5.41) is 14.5. The van der Waals surface area contributed by atoms with Gasteiger partial charge in [-0.3, -0.25) is 0 Å². The van der Waals surface area contributed by atoms with Crippen LogP contribution < -0.4 is 10.6 Å². The fourth-order valence-electron chi connectivity index (χ4n) is 1.94. The van der Waals surface area contributed by atoms with E-state index < -0.39 is 0 Å². The Balaban J connectivity index is 2.39. The molecule has 1 aromatic carbocycles. The number of aliphatic hydroxyl groups is 1. The van der Waals surface area contributed by atoms with Crippen molar-refractivity contribution in [1.29, 1.82) is 0 Å². The molecule has 0 saturated heterocycles. The zero-order chi connectivity index (χ0) is 15.5. The SMILES string of the molecule is CCc1ccc(CC)c(NC(=O)NCCSCCCO)c1. The molecule has 0 saturated carbocycles. The maximum absolute atomic E-state index is 11.9. The predicted octanol–water partition coefficient (Wildman–Crippen LogP) is 3.05. The van der Waals surface area contributed by atoms with Crippen LogP contribution in [-0.2, 0) is 12.8 Å². The molecular weight excluding hydrogens is 284 g/mol. The van der Waals surface area contributed by atoms with Gasteiger partial charge in [-0.05, 0) is 42.2 Å². The van der Waals surface area contributed by atoms with Crippen LogP contribution in [0.25, 0.3) is 0 Å². The predicted molar refractivity (Wildman–Crippen MR) is 91.2 cm³/mol. The fraction of sp³-hybridized carbons (Fsp3) is 0.562. The zero-order valence-electron chi connectivity index (χ0n) is 12.9. The average molecular weight is 310 g/mol. The first-order chi connectivity index (χ1) is 10.2. The molecule has 2 amide bonds. The summed E-state index contributed by atoms with van der Waals surface area (Å²) in [6.07, 6.45) is 2.67. The van der Waals surface area contributed by atoms with Crippen LogP contribution in [0.2, 0.25) is 0 Å². The van der Waals surface area contributed by atoms with Gasteiger partial charge in [0, 0.05) is 24.6 Å². The van der Waals surface area contributed by atoms with E-state index in [2.05, 4.69) is 42.7 Å². The third kappa shape index (κ3) is 6.87. The molecule has 4 nitrogen and oxygen atoms in total. The largest absolute Gasteiger partial charge is 0.396 e. The van der Waals surface area contributed by atoms with Gasteiger partial charge in [0.05, 0.1) is 0 Å². The first-order valence-corrected chi connectivity index (χ1v) is 8.72. The van der Waals surface area contributed by atoms with E-state index >= 15 is 0 Å². The Kier molecular flexibility index (Phi) is 8.94. The summed E-state index contributed by atoms with van der Waals surface area (Å²) in [7, 11) is 0. The molecule has 0 atom stereocenters. The van der Waals surface area contributed by atoms with Gasteiger partial charge in [0.25, 0.3) is 0 Å². The number of carbonyl (C=O) groups excluding carboxylic acids is 1. The first-order valence-electron chi connectivity index (χ1n) is 7.56. The lowest BCUT2D eigenvalue weighted by atomic mass is 10.1. The quantitative estimate of drug-likeness (QED) is 0.614. The highest BCUT2D eigenvalue weighted by Crippen LogP contribution is 2.18. The molecule has 0 unspecified atom stereocenters. The third-order valence-electron chi connectivity index (χ3n) is 3.19. The van der Waals surface area contributed by atoms with E-state index in [9.17, 15) is 4.79 Å².